The Morgan fingerprint density at radius 2 is 1.80 bits per heavy atom. The van der Waals surface area contributed by atoms with Crippen molar-refractivity contribution < 1.29 is 0 Å². The van der Waals surface area contributed by atoms with E-state index in [1.54, 1.807) is 0 Å². The first kappa shape index (κ1) is 13.0. The molecule has 0 aromatic rings. The second kappa shape index (κ2) is 4.06. The Labute approximate surface area is 95.2 Å². The average Bonchev–Trinajstić information content (AvgIpc) is 2.27. The maximum Gasteiger partial charge on any atom is 0.0298 e. The summed E-state index contributed by atoms with van der Waals surface area (Å²) in [6.07, 6.45) is 2.61. The molecule has 1 heterocycles. The molecule has 1 fully saturated rings. The Bertz CT molecular complexity index is 213. The van der Waals surface area contributed by atoms with Gasteiger partial charge >= 0.3 is 0 Å². The minimum absolute atomic E-state index is 0.238. The van der Waals surface area contributed by atoms with Crippen molar-refractivity contribution in [2.45, 2.75) is 72.0 Å². The van der Waals surface area contributed by atoms with Gasteiger partial charge in [-0.1, -0.05) is 20.8 Å². The third-order valence-corrected chi connectivity index (χ3v) is 3.69. The molecule has 0 amide bonds. The van der Waals surface area contributed by atoms with Gasteiger partial charge in [-0.3, -0.25) is 4.90 Å². The molecule has 2 unspecified atom stereocenters. The number of nitrogens with zero attached hydrogens (tertiary/aromatic N) is 1. The highest BCUT2D eigenvalue weighted by molar-refractivity contribution is 4.98. The van der Waals surface area contributed by atoms with Crippen LogP contribution in [-0.4, -0.2) is 29.1 Å². The number of hydrogen-bond acceptors (Lipinski definition) is 2. The summed E-state index contributed by atoms with van der Waals surface area (Å²) in [6.45, 7) is 14.9. The largest absolute Gasteiger partial charge is 0.327 e. The highest BCUT2D eigenvalue weighted by atomic mass is 15.3. The molecular weight excluding hydrogens is 184 g/mol. The van der Waals surface area contributed by atoms with E-state index in [0.717, 1.165) is 0 Å². The molecule has 0 bridgehead atoms. The molecule has 1 saturated heterocycles. The predicted molar refractivity (Wildman–Crippen MR) is 66.9 cm³/mol. The van der Waals surface area contributed by atoms with E-state index in [-0.39, 0.29) is 11.5 Å². The van der Waals surface area contributed by atoms with Crippen molar-refractivity contribution in [3.8, 4) is 0 Å². The van der Waals surface area contributed by atoms with Gasteiger partial charge in [0.1, 0.15) is 0 Å². The van der Waals surface area contributed by atoms with Crippen molar-refractivity contribution in [2.75, 3.05) is 6.54 Å². The van der Waals surface area contributed by atoms with Crippen LogP contribution in [0.15, 0.2) is 0 Å². The molecule has 2 N–H and O–H groups in total. The Hall–Kier alpha value is -0.0800. The van der Waals surface area contributed by atoms with E-state index in [0.29, 0.717) is 11.6 Å². The molecular formula is C13H28N2. The zero-order chi connectivity index (χ0) is 11.9. The monoisotopic (exact) mass is 212 g/mol. The third kappa shape index (κ3) is 2.73. The first-order chi connectivity index (χ1) is 6.66. The lowest BCUT2D eigenvalue weighted by Crippen LogP contribution is -2.58. The molecule has 2 nitrogen and oxygen atoms in total. The van der Waals surface area contributed by atoms with Crippen LogP contribution in [0.2, 0.25) is 0 Å². The van der Waals surface area contributed by atoms with E-state index >= 15 is 0 Å². The van der Waals surface area contributed by atoms with Gasteiger partial charge in [0.25, 0.3) is 0 Å². The Kier molecular flexibility index (Phi) is 3.52. The highest BCUT2D eigenvalue weighted by Crippen LogP contribution is 2.37. The fraction of sp³-hybridized carbons (Fsp3) is 1.00. The van der Waals surface area contributed by atoms with Gasteiger partial charge in [-0.15, -0.1) is 0 Å². The van der Waals surface area contributed by atoms with Crippen LogP contribution in [0, 0.1) is 5.41 Å². The van der Waals surface area contributed by atoms with Crippen LogP contribution in [-0.2, 0) is 0 Å². The summed E-state index contributed by atoms with van der Waals surface area (Å²) in [5.41, 5.74) is 6.77. The molecule has 1 aliphatic rings. The fourth-order valence-corrected chi connectivity index (χ4v) is 3.18. The van der Waals surface area contributed by atoms with E-state index in [4.69, 9.17) is 5.73 Å². The number of nitrogens with two attached hydrogens (primary N) is 1. The third-order valence-electron chi connectivity index (χ3n) is 3.69. The van der Waals surface area contributed by atoms with Crippen LogP contribution >= 0.6 is 0 Å². The van der Waals surface area contributed by atoms with E-state index in [9.17, 15) is 0 Å². The molecule has 1 rings (SSSR count). The van der Waals surface area contributed by atoms with E-state index in [2.05, 4.69) is 46.4 Å². The van der Waals surface area contributed by atoms with Crippen molar-refractivity contribution in [2.24, 2.45) is 11.1 Å². The lowest BCUT2D eigenvalue weighted by atomic mass is 9.80. The van der Waals surface area contributed by atoms with Gasteiger partial charge in [0.15, 0.2) is 0 Å². The van der Waals surface area contributed by atoms with Gasteiger partial charge in [0, 0.05) is 17.6 Å². The lowest BCUT2D eigenvalue weighted by Gasteiger charge is -2.47. The Balaban J connectivity index is 2.91. The van der Waals surface area contributed by atoms with Gasteiger partial charge in [-0.25, -0.2) is 0 Å². The average molecular weight is 212 g/mol. The zero-order valence-corrected chi connectivity index (χ0v) is 11.3. The van der Waals surface area contributed by atoms with Crippen molar-refractivity contribution in [3.63, 3.8) is 0 Å². The molecule has 2 heteroatoms. The highest BCUT2D eigenvalue weighted by Gasteiger charge is 2.42. The molecule has 0 aromatic carbocycles. The van der Waals surface area contributed by atoms with E-state index in [1.807, 2.05) is 0 Å². The Morgan fingerprint density at radius 3 is 2.07 bits per heavy atom. The summed E-state index contributed by atoms with van der Waals surface area (Å²) in [5, 5.41) is 0. The zero-order valence-electron chi connectivity index (χ0n) is 11.3. The topological polar surface area (TPSA) is 29.3 Å². The summed E-state index contributed by atoms with van der Waals surface area (Å²) in [4.78, 5) is 2.62. The maximum atomic E-state index is 6.18. The summed E-state index contributed by atoms with van der Waals surface area (Å²) in [5.74, 6) is 0. The molecule has 0 spiro atoms. The summed E-state index contributed by atoms with van der Waals surface area (Å²) < 4.78 is 0. The number of likely N-dealkylation sites (tertiary alicyclic amines) is 1. The first-order valence-electron chi connectivity index (χ1n) is 6.18. The summed E-state index contributed by atoms with van der Waals surface area (Å²) in [7, 11) is 0. The quantitative estimate of drug-likeness (QED) is 0.762. The number of rotatable bonds is 2. The van der Waals surface area contributed by atoms with Crippen molar-refractivity contribution in [3.05, 3.63) is 0 Å². The molecule has 15 heavy (non-hydrogen) atoms. The molecule has 2 atom stereocenters. The van der Waals surface area contributed by atoms with Gasteiger partial charge < -0.3 is 5.73 Å². The van der Waals surface area contributed by atoms with Gasteiger partial charge in [-0.2, -0.15) is 0 Å². The van der Waals surface area contributed by atoms with Crippen molar-refractivity contribution in [1.82, 2.24) is 4.90 Å². The normalized spacial score (nSPS) is 26.6. The van der Waals surface area contributed by atoms with Gasteiger partial charge in [-0.05, 0) is 45.6 Å². The van der Waals surface area contributed by atoms with Crippen LogP contribution in [0.25, 0.3) is 0 Å². The van der Waals surface area contributed by atoms with Crippen LogP contribution in [0.1, 0.15) is 54.4 Å². The summed E-state index contributed by atoms with van der Waals surface area (Å²) in [6, 6.07) is 0.720. The first-order valence-corrected chi connectivity index (χ1v) is 6.18. The van der Waals surface area contributed by atoms with Crippen LogP contribution in [0.5, 0.6) is 0 Å². The standard InChI is InChI=1S/C13H28N2/c1-10(14)11(12(2,3)4)15-9-7-8-13(15,5)6/h10-11H,7-9,14H2,1-6H3. The predicted octanol–water partition coefficient (Wildman–Crippen LogP) is 2.62. The second-order valence-corrected chi connectivity index (χ2v) is 6.78. The molecule has 90 valence electrons. The van der Waals surface area contributed by atoms with Crippen LogP contribution in [0.3, 0.4) is 0 Å². The smallest absolute Gasteiger partial charge is 0.0298 e. The fourth-order valence-electron chi connectivity index (χ4n) is 3.18. The lowest BCUT2D eigenvalue weighted by molar-refractivity contribution is 0.0333. The molecule has 0 saturated carbocycles. The van der Waals surface area contributed by atoms with Gasteiger partial charge in [0.05, 0.1) is 0 Å². The maximum absolute atomic E-state index is 6.18. The number of hydrogen-bond donors (Lipinski definition) is 1. The molecule has 0 aromatic heterocycles. The van der Waals surface area contributed by atoms with Crippen LogP contribution in [0.4, 0.5) is 0 Å². The van der Waals surface area contributed by atoms with Crippen molar-refractivity contribution in [1.29, 1.82) is 0 Å². The molecule has 0 aliphatic carbocycles. The SMILES string of the molecule is CC(N)C(N1CCCC1(C)C)C(C)(C)C. The molecule has 0 radical (unpaired) electrons. The summed E-state index contributed by atoms with van der Waals surface area (Å²) >= 11 is 0. The molecule has 1 aliphatic heterocycles. The minimum Gasteiger partial charge on any atom is -0.327 e. The van der Waals surface area contributed by atoms with Gasteiger partial charge in [0.2, 0.25) is 0 Å². The second-order valence-electron chi connectivity index (χ2n) is 6.78. The van der Waals surface area contributed by atoms with Crippen LogP contribution < -0.4 is 5.73 Å². The minimum atomic E-state index is 0.238. The van der Waals surface area contributed by atoms with E-state index < -0.39 is 0 Å². The Morgan fingerprint density at radius 1 is 1.27 bits per heavy atom. The van der Waals surface area contributed by atoms with E-state index in [1.165, 1.54) is 19.4 Å². The van der Waals surface area contributed by atoms with Crippen molar-refractivity contribution >= 4 is 0 Å².